The SMILES string of the molecule is Cc1ccc(COC2=C(F)C(F)(F)C2(F)F)cc1Cl. The van der Waals surface area contributed by atoms with Crippen LogP contribution in [0.5, 0.6) is 0 Å². The summed E-state index contributed by atoms with van der Waals surface area (Å²) in [6, 6.07) is 4.57. The molecule has 0 unspecified atom stereocenters. The zero-order chi connectivity index (χ0) is 14.4. The first-order valence-electron chi connectivity index (χ1n) is 5.22. The van der Waals surface area contributed by atoms with Crippen molar-refractivity contribution in [1.29, 1.82) is 0 Å². The summed E-state index contributed by atoms with van der Waals surface area (Å²) >= 11 is 5.80. The van der Waals surface area contributed by atoms with Crippen molar-refractivity contribution in [3.63, 3.8) is 0 Å². The Hall–Kier alpha value is -1.30. The van der Waals surface area contributed by atoms with Crippen LogP contribution in [-0.4, -0.2) is 11.8 Å². The normalized spacial score (nSPS) is 20.2. The third kappa shape index (κ3) is 2.08. The molecule has 1 aliphatic carbocycles. The van der Waals surface area contributed by atoms with Gasteiger partial charge in [-0.15, -0.1) is 0 Å². The maximum absolute atomic E-state index is 12.9. The molecule has 19 heavy (non-hydrogen) atoms. The first kappa shape index (κ1) is 14.1. The van der Waals surface area contributed by atoms with E-state index in [1.54, 1.807) is 13.0 Å². The molecule has 0 bridgehead atoms. The second kappa shape index (κ2) is 4.37. The first-order valence-corrected chi connectivity index (χ1v) is 5.60. The van der Waals surface area contributed by atoms with Crippen LogP contribution in [0.25, 0.3) is 0 Å². The molecule has 0 aromatic heterocycles. The van der Waals surface area contributed by atoms with E-state index in [4.69, 9.17) is 11.6 Å². The minimum atomic E-state index is -4.78. The standard InChI is InChI=1S/C12H8ClF5O/c1-6-2-3-7(4-8(6)13)5-19-10-9(14)11(15,16)12(10,17)18/h2-4H,5H2,1H3. The Morgan fingerprint density at radius 2 is 1.79 bits per heavy atom. The minimum Gasteiger partial charge on any atom is -0.484 e. The Morgan fingerprint density at radius 3 is 2.32 bits per heavy atom. The molecule has 0 spiro atoms. The molecule has 0 N–H and O–H groups in total. The van der Waals surface area contributed by atoms with Crippen LogP contribution in [0.1, 0.15) is 11.1 Å². The van der Waals surface area contributed by atoms with Gasteiger partial charge in [0.25, 0.3) is 0 Å². The van der Waals surface area contributed by atoms with Crippen LogP contribution in [0.3, 0.4) is 0 Å². The fourth-order valence-corrected chi connectivity index (χ4v) is 1.74. The van der Waals surface area contributed by atoms with Gasteiger partial charge in [-0.05, 0) is 24.1 Å². The van der Waals surface area contributed by atoms with E-state index in [0.717, 1.165) is 5.56 Å². The average molecular weight is 299 g/mol. The van der Waals surface area contributed by atoms with Crippen LogP contribution in [0.4, 0.5) is 22.0 Å². The summed E-state index contributed by atoms with van der Waals surface area (Å²) < 4.78 is 68.0. The van der Waals surface area contributed by atoms with Crippen LogP contribution < -0.4 is 0 Å². The Balaban J connectivity index is 2.12. The van der Waals surface area contributed by atoms with Gasteiger partial charge in [-0.25, -0.2) is 4.39 Å². The Labute approximate surface area is 110 Å². The van der Waals surface area contributed by atoms with Gasteiger partial charge in [0.2, 0.25) is 11.6 Å². The number of alkyl halides is 4. The monoisotopic (exact) mass is 298 g/mol. The topological polar surface area (TPSA) is 9.23 Å². The molecule has 0 saturated heterocycles. The van der Waals surface area contributed by atoms with Gasteiger partial charge in [0.15, 0.2) is 0 Å². The maximum Gasteiger partial charge on any atom is 0.375 e. The minimum absolute atomic E-state index is 0.376. The number of hydrogen-bond acceptors (Lipinski definition) is 1. The Kier molecular flexibility index (Phi) is 3.24. The van der Waals surface area contributed by atoms with Crippen molar-refractivity contribution < 1.29 is 26.7 Å². The molecule has 0 radical (unpaired) electrons. The summed E-state index contributed by atoms with van der Waals surface area (Å²) in [6.45, 7) is 1.27. The molecule has 1 aromatic rings. The molecule has 1 aromatic carbocycles. The van der Waals surface area contributed by atoms with Gasteiger partial charge in [0.1, 0.15) is 6.61 Å². The smallest absolute Gasteiger partial charge is 0.375 e. The average Bonchev–Trinajstić information content (AvgIpc) is 2.33. The molecule has 0 atom stereocenters. The highest BCUT2D eigenvalue weighted by molar-refractivity contribution is 6.31. The fraction of sp³-hybridized carbons (Fsp3) is 0.333. The highest BCUT2D eigenvalue weighted by Gasteiger charge is 2.74. The molecule has 1 aliphatic rings. The molecular weight excluding hydrogens is 291 g/mol. The number of ether oxygens (including phenoxy) is 1. The van der Waals surface area contributed by atoms with E-state index in [-0.39, 0.29) is 0 Å². The van der Waals surface area contributed by atoms with Crippen LogP contribution >= 0.6 is 11.6 Å². The second-order valence-electron chi connectivity index (χ2n) is 4.16. The number of benzene rings is 1. The lowest BCUT2D eigenvalue weighted by Crippen LogP contribution is -2.53. The zero-order valence-corrected chi connectivity index (χ0v) is 10.4. The predicted octanol–water partition coefficient (Wildman–Crippen LogP) is 4.63. The van der Waals surface area contributed by atoms with Crippen molar-refractivity contribution in [2.45, 2.75) is 25.4 Å². The van der Waals surface area contributed by atoms with Gasteiger partial charge in [0, 0.05) is 5.02 Å². The van der Waals surface area contributed by atoms with Gasteiger partial charge >= 0.3 is 11.8 Å². The maximum atomic E-state index is 12.9. The van der Waals surface area contributed by atoms with E-state index in [2.05, 4.69) is 4.74 Å². The summed E-state index contributed by atoms with van der Waals surface area (Å²) in [5.41, 5.74) is 1.14. The molecular formula is C12H8ClF5O. The highest BCUT2D eigenvalue weighted by Crippen LogP contribution is 2.56. The predicted molar refractivity (Wildman–Crippen MR) is 59.0 cm³/mol. The second-order valence-corrected chi connectivity index (χ2v) is 4.57. The van der Waals surface area contributed by atoms with Gasteiger partial charge in [0.05, 0.1) is 0 Å². The molecule has 7 heteroatoms. The summed E-state index contributed by atoms with van der Waals surface area (Å²) in [6.07, 6.45) is 0. The van der Waals surface area contributed by atoms with Crippen molar-refractivity contribution in [3.8, 4) is 0 Å². The quantitative estimate of drug-likeness (QED) is 0.739. The van der Waals surface area contributed by atoms with Crippen molar-refractivity contribution in [2.24, 2.45) is 0 Å². The van der Waals surface area contributed by atoms with Gasteiger partial charge < -0.3 is 4.74 Å². The zero-order valence-electron chi connectivity index (χ0n) is 9.62. The van der Waals surface area contributed by atoms with Gasteiger partial charge in [-0.3, -0.25) is 0 Å². The number of hydrogen-bond donors (Lipinski definition) is 0. The lowest BCUT2D eigenvalue weighted by Gasteiger charge is -2.35. The fourth-order valence-electron chi connectivity index (χ4n) is 1.53. The summed E-state index contributed by atoms with van der Waals surface area (Å²) in [4.78, 5) is 0. The largest absolute Gasteiger partial charge is 0.484 e. The van der Waals surface area contributed by atoms with Crippen molar-refractivity contribution in [2.75, 3.05) is 0 Å². The molecule has 2 rings (SSSR count). The first-order chi connectivity index (χ1) is 8.68. The molecule has 104 valence electrons. The Bertz CT molecular complexity index is 553. The molecule has 0 fully saturated rings. The highest BCUT2D eigenvalue weighted by atomic mass is 35.5. The third-order valence-electron chi connectivity index (χ3n) is 2.77. The lowest BCUT2D eigenvalue weighted by atomic mass is 9.96. The van der Waals surface area contributed by atoms with E-state index >= 15 is 0 Å². The summed E-state index contributed by atoms with van der Waals surface area (Å²) in [7, 11) is 0. The summed E-state index contributed by atoms with van der Waals surface area (Å²) in [5, 5.41) is 0.376. The lowest BCUT2D eigenvalue weighted by molar-refractivity contribution is -0.233. The molecule has 1 nitrogen and oxygen atoms in total. The third-order valence-corrected chi connectivity index (χ3v) is 3.18. The molecule has 0 heterocycles. The Morgan fingerprint density at radius 1 is 1.16 bits per heavy atom. The summed E-state index contributed by atoms with van der Waals surface area (Å²) in [5.74, 6) is -13.2. The van der Waals surface area contributed by atoms with Crippen LogP contribution in [0, 0.1) is 6.92 Å². The van der Waals surface area contributed by atoms with E-state index in [0.29, 0.717) is 10.6 Å². The van der Waals surface area contributed by atoms with Crippen LogP contribution in [0.2, 0.25) is 5.02 Å². The molecule has 0 amide bonds. The van der Waals surface area contributed by atoms with Gasteiger partial charge in [-0.1, -0.05) is 23.7 Å². The molecule has 0 saturated carbocycles. The number of allylic oxidation sites excluding steroid dienone is 2. The van der Waals surface area contributed by atoms with Crippen molar-refractivity contribution in [1.82, 2.24) is 0 Å². The van der Waals surface area contributed by atoms with Crippen molar-refractivity contribution >= 4 is 11.6 Å². The molecule has 0 aliphatic heterocycles. The van der Waals surface area contributed by atoms with E-state index < -0.39 is 30.0 Å². The van der Waals surface area contributed by atoms with E-state index in [9.17, 15) is 22.0 Å². The van der Waals surface area contributed by atoms with Crippen LogP contribution in [0.15, 0.2) is 29.8 Å². The number of halogens is 6. The van der Waals surface area contributed by atoms with E-state index in [1.807, 2.05) is 0 Å². The van der Waals surface area contributed by atoms with Crippen molar-refractivity contribution in [3.05, 3.63) is 45.9 Å². The van der Waals surface area contributed by atoms with E-state index in [1.165, 1.54) is 12.1 Å². The number of rotatable bonds is 3. The number of aryl methyl sites for hydroxylation is 1. The van der Waals surface area contributed by atoms with Gasteiger partial charge in [-0.2, -0.15) is 17.6 Å². The van der Waals surface area contributed by atoms with Crippen LogP contribution in [-0.2, 0) is 11.3 Å².